The van der Waals surface area contributed by atoms with Crippen molar-refractivity contribution in [2.45, 2.75) is 33.6 Å². The van der Waals surface area contributed by atoms with Crippen molar-refractivity contribution in [3.8, 4) is 0 Å². The first-order chi connectivity index (χ1) is 5.20. The zero-order valence-electron chi connectivity index (χ0n) is 7.85. The van der Waals surface area contributed by atoms with Crippen molar-refractivity contribution < 1.29 is 0 Å². The van der Waals surface area contributed by atoms with Gasteiger partial charge in [-0.1, -0.05) is 49.3 Å². The van der Waals surface area contributed by atoms with Gasteiger partial charge in [-0.25, -0.2) is 0 Å². The Hall–Kier alpha value is -0.780. The molecule has 0 heteroatoms. The Labute approximate surface area is 70.3 Å². The number of hydrogen-bond acceptors (Lipinski definition) is 0. The zero-order chi connectivity index (χ0) is 8.69. The summed E-state index contributed by atoms with van der Waals surface area (Å²) in [7, 11) is 0. The Morgan fingerprint density at radius 1 is 1.36 bits per heavy atom. The summed E-state index contributed by atoms with van der Waals surface area (Å²) in [6, 6.07) is 0. The van der Waals surface area contributed by atoms with E-state index in [2.05, 4.69) is 38.7 Å². The van der Waals surface area contributed by atoms with Gasteiger partial charge in [-0.05, 0) is 20.3 Å². The Bertz CT molecular complexity index is 170. The molecule has 0 fully saturated rings. The Kier molecular flexibility index (Phi) is 5.54. The summed E-state index contributed by atoms with van der Waals surface area (Å²) >= 11 is 0. The normalized spacial score (nSPS) is 12.5. The van der Waals surface area contributed by atoms with E-state index < -0.39 is 0 Å². The molecule has 0 radical (unpaired) electrons. The highest BCUT2D eigenvalue weighted by Crippen LogP contribution is 2.07. The summed E-state index contributed by atoms with van der Waals surface area (Å²) in [5.74, 6) is 0. The van der Waals surface area contributed by atoms with E-state index in [4.69, 9.17) is 0 Å². The van der Waals surface area contributed by atoms with Crippen LogP contribution in [0.3, 0.4) is 0 Å². The first-order valence-corrected chi connectivity index (χ1v) is 4.19. The molecule has 0 aliphatic heterocycles. The maximum Gasteiger partial charge on any atom is -0.0285 e. The average Bonchev–Trinajstić information content (AvgIpc) is 1.97. The Balaban J connectivity index is 3.98. The molecule has 62 valence electrons. The summed E-state index contributed by atoms with van der Waals surface area (Å²) in [6.07, 6.45) is 8.74. The lowest BCUT2D eigenvalue weighted by atomic mass is 10.1. The lowest BCUT2D eigenvalue weighted by Gasteiger charge is -1.96. The summed E-state index contributed by atoms with van der Waals surface area (Å²) in [5, 5.41) is 0. The fourth-order valence-electron chi connectivity index (χ4n) is 0.862. The van der Waals surface area contributed by atoms with Gasteiger partial charge in [0.25, 0.3) is 0 Å². The molecule has 0 aliphatic carbocycles. The molecular weight excluding hydrogens is 132 g/mol. The van der Waals surface area contributed by atoms with E-state index in [0.717, 1.165) is 5.57 Å². The van der Waals surface area contributed by atoms with Crippen LogP contribution in [0.15, 0.2) is 36.0 Å². The van der Waals surface area contributed by atoms with Gasteiger partial charge in [-0.15, -0.1) is 0 Å². The van der Waals surface area contributed by atoms with Crippen molar-refractivity contribution in [1.82, 2.24) is 0 Å². The van der Waals surface area contributed by atoms with Gasteiger partial charge in [-0.3, -0.25) is 0 Å². The number of allylic oxidation sites excluding steroid dienone is 5. The smallest absolute Gasteiger partial charge is 0.0285 e. The monoisotopic (exact) mass is 150 g/mol. The van der Waals surface area contributed by atoms with Gasteiger partial charge in [0.2, 0.25) is 0 Å². The molecule has 0 heterocycles. The van der Waals surface area contributed by atoms with Crippen molar-refractivity contribution in [2.75, 3.05) is 0 Å². The Morgan fingerprint density at radius 2 is 2.00 bits per heavy atom. The second-order valence-electron chi connectivity index (χ2n) is 2.79. The summed E-state index contributed by atoms with van der Waals surface area (Å²) < 4.78 is 0. The lowest BCUT2D eigenvalue weighted by molar-refractivity contribution is 0.924. The SMILES string of the molecule is C=C(C)/C=C\C(=C/C)CCC. The van der Waals surface area contributed by atoms with E-state index in [1.165, 1.54) is 18.4 Å². The van der Waals surface area contributed by atoms with Crippen molar-refractivity contribution in [1.29, 1.82) is 0 Å². The second kappa shape index (κ2) is 5.96. The van der Waals surface area contributed by atoms with Gasteiger partial charge in [0.1, 0.15) is 0 Å². The maximum atomic E-state index is 3.81. The van der Waals surface area contributed by atoms with E-state index in [9.17, 15) is 0 Å². The molecule has 0 saturated heterocycles. The van der Waals surface area contributed by atoms with Crippen LogP contribution in [-0.4, -0.2) is 0 Å². The van der Waals surface area contributed by atoms with Crippen LogP contribution in [0, 0.1) is 0 Å². The fraction of sp³-hybridized carbons (Fsp3) is 0.455. The fourth-order valence-corrected chi connectivity index (χ4v) is 0.862. The topological polar surface area (TPSA) is 0 Å². The molecule has 0 spiro atoms. The highest BCUT2D eigenvalue weighted by Gasteiger charge is 1.86. The minimum atomic E-state index is 1.11. The van der Waals surface area contributed by atoms with Gasteiger partial charge in [-0.2, -0.15) is 0 Å². The van der Waals surface area contributed by atoms with Crippen LogP contribution in [0.25, 0.3) is 0 Å². The molecular formula is C11H18. The molecule has 0 aliphatic rings. The Morgan fingerprint density at radius 3 is 2.36 bits per heavy atom. The highest BCUT2D eigenvalue weighted by atomic mass is 13.9. The quantitative estimate of drug-likeness (QED) is 0.534. The minimum absolute atomic E-state index is 1.11. The molecule has 0 saturated carbocycles. The maximum absolute atomic E-state index is 3.81. The van der Waals surface area contributed by atoms with E-state index in [1.54, 1.807) is 0 Å². The molecule has 0 aromatic carbocycles. The average molecular weight is 150 g/mol. The number of rotatable bonds is 4. The zero-order valence-corrected chi connectivity index (χ0v) is 7.85. The molecule has 0 N–H and O–H groups in total. The van der Waals surface area contributed by atoms with Crippen LogP contribution >= 0.6 is 0 Å². The third-order valence-corrected chi connectivity index (χ3v) is 1.49. The molecule has 0 aromatic rings. The van der Waals surface area contributed by atoms with E-state index in [-0.39, 0.29) is 0 Å². The molecule has 0 amide bonds. The van der Waals surface area contributed by atoms with Gasteiger partial charge >= 0.3 is 0 Å². The molecule has 0 bridgehead atoms. The van der Waals surface area contributed by atoms with Crippen molar-refractivity contribution >= 4 is 0 Å². The largest absolute Gasteiger partial charge is 0.0961 e. The van der Waals surface area contributed by atoms with E-state index in [1.807, 2.05) is 6.92 Å². The van der Waals surface area contributed by atoms with E-state index in [0.29, 0.717) is 0 Å². The molecule has 0 rings (SSSR count). The van der Waals surface area contributed by atoms with Gasteiger partial charge in [0, 0.05) is 0 Å². The van der Waals surface area contributed by atoms with Crippen molar-refractivity contribution in [2.24, 2.45) is 0 Å². The molecule has 0 aromatic heterocycles. The number of hydrogen-bond donors (Lipinski definition) is 0. The standard InChI is InChI=1S/C11H18/c1-5-7-11(6-2)9-8-10(3)4/h6,8-9H,3,5,7H2,1-2,4H3/b9-8-,11-6-. The van der Waals surface area contributed by atoms with Crippen LogP contribution in [0.4, 0.5) is 0 Å². The predicted molar refractivity (Wildman–Crippen MR) is 52.6 cm³/mol. The predicted octanol–water partition coefficient (Wildman–Crippen LogP) is 3.87. The second-order valence-corrected chi connectivity index (χ2v) is 2.79. The summed E-state index contributed by atoms with van der Waals surface area (Å²) in [6.45, 7) is 10.1. The summed E-state index contributed by atoms with van der Waals surface area (Å²) in [4.78, 5) is 0. The van der Waals surface area contributed by atoms with Crippen LogP contribution in [0.5, 0.6) is 0 Å². The summed E-state index contributed by atoms with van der Waals surface area (Å²) in [5.41, 5.74) is 2.51. The van der Waals surface area contributed by atoms with Crippen LogP contribution < -0.4 is 0 Å². The van der Waals surface area contributed by atoms with Gasteiger partial charge in [0.15, 0.2) is 0 Å². The van der Waals surface area contributed by atoms with E-state index >= 15 is 0 Å². The lowest BCUT2D eigenvalue weighted by Crippen LogP contribution is -1.76. The molecule has 0 nitrogen and oxygen atoms in total. The molecule has 0 atom stereocenters. The van der Waals surface area contributed by atoms with Crippen LogP contribution in [0.2, 0.25) is 0 Å². The first-order valence-electron chi connectivity index (χ1n) is 4.19. The van der Waals surface area contributed by atoms with Crippen LogP contribution in [-0.2, 0) is 0 Å². The molecule has 11 heavy (non-hydrogen) atoms. The van der Waals surface area contributed by atoms with Crippen molar-refractivity contribution in [3.63, 3.8) is 0 Å². The van der Waals surface area contributed by atoms with Crippen molar-refractivity contribution in [3.05, 3.63) is 36.0 Å². The minimum Gasteiger partial charge on any atom is -0.0961 e. The third-order valence-electron chi connectivity index (χ3n) is 1.49. The van der Waals surface area contributed by atoms with Gasteiger partial charge in [0.05, 0.1) is 0 Å². The third kappa shape index (κ3) is 5.65. The highest BCUT2D eigenvalue weighted by molar-refractivity contribution is 5.24. The van der Waals surface area contributed by atoms with Crippen LogP contribution in [0.1, 0.15) is 33.6 Å². The molecule has 0 unspecified atom stereocenters. The van der Waals surface area contributed by atoms with Gasteiger partial charge < -0.3 is 0 Å². The first kappa shape index (κ1) is 10.2.